The first kappa shape index (κ1) is 16.9. The summed E-state index contributed by atoms with van der Waals surface area (Å²) >= 11 is 0. The van der Waals surface area contributed by atoms with Gasteiger partial charge < -0.3 is 14.5 Å². The molecule has 0 aliphatic carbocycles. The molecule has 0 spiro atoms. The van der Waals surface area contributed by atoms with E-state index in [1.165, 1.54) is 11.3 Å². The fourth-order valence-corrected chi connectivity index (χ4v) is 4.02. The molecule has 1 aromatic carbocycles. The third-order valence-corrected chi connectivity index (χ3v) is 5.46. The monoisotopic (exact) mass is 351 g/mol. The molecule has 1 aromatic heterocycles. The second kappa shape index (κ2) is 6.98. The molecule has 1 unspecified atom stereocenters. The maximum absolute atomic E-state index is 13.3. The largest absolute Gasteiger partial charge is 0.489 e. The first-order valence-electron chi connectivity index (χ1n) is 9.35. The number of aryl methyl sites for hydroxylation is 1. The van der Waals surface area contributed by atoms with Crippen LogP contribution in [0.5, 0.6) is 5.75 Å². The average Bonchev–Trinajstić information content (AvgIpc) is 2.68. The average molecular weight is 351 g/mol. The minimum absolute atomic E-state index is 0.0675. The van der Waals surface area contributed by atoms with Crippen molar-refractivity contribution in [3.8, 4) is 5.75 Å². The normalized spacial score (nSPS) is 20.5. The molecule has 4 rings (SSSR count). The molecule has 5 heteroatoms. The van der Waals surface area contributed by atoms with Crippen molar-refractivity contribution in [2.24, 2.45) is 5.92 Å². The number of anilines is 2. The molecule has 0 radical (unpaired) electrons. The molecule has 136 valence electrons. The SMILES string of the molecule is Cc1cnccc1N1CCC(C(=O)N2c3ccccc3OCC2C)CC1. The van der Waals surface area contributed by atoms with E-state index in [1.54, 1.807) is 0 Å². The van der Waals surface area contributed by atoms with Crippen LogP contribution >= 0.6 is 0 Å². The van der Waals surface area contributed by atoms with Gasteiger partial charge in [0.1, 0.15) is 12.4 Å². The number of para-hydroxylation sites is 2. The summed E-state index contributed by atoms with van der Waals surface area (Å²) in [5.41, 5.74) is 3.33. The van der Waals surface area contributed by atoms with E-state index in [0.29, 0.717) is 6.61 Å². The molecule has 1 saturated heterocycles. The number of fused-ring (bicyclic) bond motifs is 1. The first-order valence-corrected chi connectivity index (χ1v) is 9.35. The zero-order valence-electron chi connectivity index (χ0n) is 15.4. The Balaban J connectivity index is 1.48. The zero-order valence-corrected chi connectivity index (χ0v) is 15.4. The molecule has 1 atom stereocenters. The van der Waals surface area contributed by atoms with E-state index in [-0.39, 0.29) is 17.9 Å². The standard InChI is InChI=1S/C21H25N3O2/c1-15-13-22-10-7-18(15)23-11-8-17(9-12-23)21(25)24-16(2)14-26-20-6-4-3-5-19(20)24/h3-7,10,13,16-17H,8-9,11-12,14H2,1-2H3. The predicted molar refractivity (Wildman–Crippen MR) is 103 cm³/mol. The first-order chi connectivity index (χ1) is 12.6. The van der Waals surface area contributed by atoms with Crippen molar-refractivity contribution in [1.29, 1.82) is 0 Å². The Kier molecular flexibility index (Phi) is 4.53. The molecule has 0 saturated carbocycles. The van der Waals surface area contributed by atoms with Gasteiger partial charge in [0.05, 0.1) is 11.7 Å². The van der Waals surface area contributed by atoms with Gasteiger partial charge in [-0.2, -0.15) is 0 Å². The van der Waals surface area contributed by atoms with Crippen molar-refractivity contribution in [3.05, 3.63) is 48.3 Å². The lowest BCUT2D eigenvalue weighted by atomic mass is 9.93. The third kappa shape index (κ3) is 3.02. The number of pyridine rings is 1. The zero-order chi connectivity index (χ0) is 18.1. The number of carbonyl (C=O) groups is 1. The van der Waals surface area contributed by atoms with Crippen LogP contribution in [0.1, 0.15) is 25.3 Å². The Bertz CT molecular complexity index is 799. The summed E-state index contributed by atoms with van der Waals surface area (Å²) in [6.07, 6.45) is 5.50. The second-order valence-electron chi connectivity index (χ2n) is 7.26. The number of nitrogens with zero attached hydrogens (tertiary/aromatic N) is 3. The number of hydrogen-bond donors (Lipinski definition) is 0. The molecule has 0 N–H and O–H groups in total. The number of rotatable bonds is 2. The van der Waals surface area contributed by atoms with Gasteiger partial charge in [-0.05, 0) is 50.5 Å². The Morgan fingerprint density at radius 2 is 1.92 bits per heavy atom. The summed E-state index contributed by atoms with van der Waals surface area (Å²) in [5, 5.41) is 0. The highest BCUT2D eigenvalue weighted by atomic mass is 16.5. The number of hydrogen-bond acceptors (Lipinski definition) is 4. The number of aromatic nitrogens is 1. The fourth-order valence-electron chi connectivity index (χ4n) is 4.02. The minimum Gasteiger partial charge on any atom is -0.489 e. The van der Waals surface area contributed by atoms with Gasteiger partial charge in [-0.25, -0.2) is 0 Å². The van der Waals surface area contributed by atoms with Crippen molar-refractivity contribution < 1.29 is 9.53 Å². The van der Waals surface area contributed by atoms with Crippen molar-refractivity contribution in [3.63, 3.8) is 0 Å². The Hall–Kier alpha value is -2.56. The third-order valence-electron chi connectivity index (χ3n) is 5.46. The molecule has 2 aliphatic heterocycles. The summed E-state index contributed by atoms with van der Waals surface area (Å²) in [6.45, 7) is 6.51. The molecule has 5 nitrogen and oxygen atoms in total. The summed E-state index contributed by atoms with van der Waals surface area (Å²) in [6, 6.07) is 9.98. The van der Waals surface area contributed by atoms with Crippen molar-refractivity contribution in [2.45, 2.75) is 32.7 Å². The highest BCUT2D eigenvalue weighted by Gasteiger charge is 2.35. The summed E-state index contributed by atoms with van der Waals surface area (Å²) < 4.78 is 5.78. The lowest BCUT2D eigenvalue weighted by Gasteiger charge is -2.40. The van der Waals surface area contributed by atoms with E-state index in [0.717, 1.165) is 37.4 Å². The van der Waals surface area contributed by atoms with Crippen molar-refractivity contribution >= 4 is 17.3 Å². The lowest BCUT2D eigenvalue weighted by Crippen LogP contribution is -2.49. The maximum Gasteiger partial charge on any atom is 0.230 e. The molecular weight excluding hydrogens is 326 g/mol. The van der Waals surface area contributed by atoms with Crippen LogP contribution < -0.4 is 14.5 Å². The quantitative estimate of drug-likeness (QED) is 0.832. The Labute approximate surface area is 154 Å². The number of amides is 1. The van der Waals surface area contributed by atoms with Gasteiger partial charge in [0.2, 0.25) is 5.91 Å². The van der Waals surface area contributed by atoms with Gasteiger partial charge in [0.25, 0.3) is 0 Å². The van der Waals surface area contributed by atoms with Gasteiger partial charge in [0, 0.05) is 37.1 Å². The van der Waals surface area contributed by atoms with Crippen LogP contribution in [-0.2, 0) is 4.79 Å². The highest BCUT2D eigenvalue weighted by molar-refractivity contribution is 5.97. The molecular formula is C21H25N3O2. The number of ether oxygens (including phenoxy) is 1. The van der Waals surface area contributed by atoms with Gasteiger partial charge in [-0.1, -0.05) is 12.1 Å². The summed E-state index contributed by atoms with van der Waals surface area (Å²) in [5.74, 6) is 1.12. The van der Waals surface area contributed by atoms with Crippen molar-refractivity contribution in [1.82, 2.24) is 4.98 Å². The van der Waals surface area contributed by atoms with E-state index in [2.05, 4.69) is 29.8 Å². The molecule has 2 aliphatic rings. The Morgan fingerprint density at radius 3 is 2.69 bits per heavy atom. The molecule has 1 fully saturated rings. The molecule has 26 heavy (non-hydrogen) atoms. The van der Waals surface area contributed by atoms with E-state index < -0.39 is 0 Å². The molecule has 1 amide bonds. The number of carbonyl (C=O) groups excluding carboxylic acids is 1. The highest BCUT2D eigenvalue weighted by Crippen LogP contribution is 2.36. The van der Waals surface area contributed by atoms with Crippen molar-refractivity contribution in [2.75, 3.05) is 29.5 Å². The smallest absolute Gasteiger partial charge is 0.230 e. The molecule has 0 bridgehead atoms. The molecule has 3 heterocycles. The van der Waals surface area contributed by atoms with Crippen LogP contribution in [0, 0.1) is 12.8 Å². The van der Waals surface area contributed by atoms with Crippen LogP contribution in [0.2, 0.25) is 0 Å². The van der Waals surface area contributed by atoms with Gasteiger partial charge in [-0.15, -0.1) is 0 Å². The van der Waals surface area contributed by atoms with Gasteiger partial charge >= 0.3 is 0 Å². The number of piperidine rings is 1. The van der Waals surface area contributed by atoms with E-state index >= 15 is 0 Å². The predicted octanol–water partition coefficient (Wildman–Crippen LogP) is 3.42. The van der Waals surface area contributed by atoms with Crippen LogP contribution in [0.4, 0.5) is 11.4 Å². The van der Waals surface area contributed by atoms with E-state index in [9.17, 15) is 4.79 Å². The maximum atomic E-state index is 13.3. The molecule has 2 aromatic rings. The van der Waals surface area contributed by atoms with Crippen LogP contribution in [-0.4, -0.2) is 36.6 Å². The summed E-state index contributed by atoms with van der Waals surface area (Å²) in [7, 11) is 0. The van der Waals surface area contributed by atoms with Gasteiger partial charge in [0.15, 0.2) is 0 Å². The van der Waals surface area contributed by atoms with E-state index in [4.69, 9.17) is 4.74 Å². The van der Waals surface area contributed by atoms with Crippen LogP contribution in [0.3, 0.4) is 0 Å². The minimum atomic E-state index is 0.0675. The fraction of sp³-hybridized carbons (Fsp3) is 0.429. The summed E-state index contributed by atoms with van der Waals surface area (Å²) in [4.78, 5) is 21.8. The lowest BCUT2D eigenvalue weighted by molar-refractivity contribution is -0.123. The number of benzene rings is 1. The topological polar surface area (TPSA) is 45.7 Å². The van der Waals surface area contributed by atoms with Gasteiger partial charge in [-0.3, -0.25) is 9.78 Å². The Morgan fingerprint density at radius 1 is 1.15 bits per heavy atom. The van der Waals surface area contributed by atoms with Crippen LogP contribution in [0.25, 0.3) is 0 Å². The second-order valence-corrected chi connectivity index (χ2v) is 7.26. The van der Waals surface area contributed by atoms with Crippen LogP contribution in [0.15, 0.2) is 42.7 Å². The van der Waals surface area contributed by atoms with E-state index in [1.807, 2.05) is 41.6 Å².